The number of ether oxygens (including phenoxy) is 1. The van der Waals surface area contributed by atoms with Gasteiger partial charge in [0.1, 0.15) is 19.6 Å². The maximum Gasteiger partial charge on any atom is 0.230 e. The molecule has 4 nitrogen and oxygen atoms in total. The summed E-state index contributed by atoms with van der Waals surface area (Å²) in [6.07, 6.45) is 0. The van der Waals surface area contributed by atoms with Gasteiger partial charge in [-0.3, -0.25) is 4.79 Å². The van der Waals surface area contributed by atoms with Crippen LogP contribution in [0.1, 0.15) is 22.3 Å². The molecule has 2 aromatic rings. The van der Waals surface area contributed by atoms with Gasteiger partial charge in [-0.2, -0.15) is 0 Å². The molecule has 144 valence electrons. The third-order valence-electron chi connectivity index (χ3n) is 5.08. The van der Waals surface area contributed by atoms with Crippen LogP contribution >= 0.6 is 11.8 Å². The van der Waals surface area contributed by atoms with E-state index in [4.69, 9.17) is 4.74 Å². The highest BCUT2D eigenvalue weighted by Gasteiger charge is 2.16. The Labute approximate surface area is 166 Å². The largest absolute Gasteiger partial charge is 0.370 e. The number of rotatable bonds is 7. The van der Waals surface area contributed by atoms with E-state index in [0.717, 1.165) is 37.7 Å². The van der Waals surface area contributed by atoms with E-state index >= 15 is 0 Å². The number of quaternary nitrogens is 1. The predicted octanol–water partition coefficient (Wildman–Crippen LogP) is 2.13. The molecule has 1 heterocycles. The van der Waals surface area contributed by atoms with Crippen molar-refractivity contribution in [2.24, 2.45) is 0 Å². The molecule has 2 N–H and O–H groups in total. The van der Waals surface area contributed by atoms with Crippen LogP contribution in [-0.4, -0.2) is 38.0 Å². The van der Waals surface area contributed by atoms with E-state index in [-0.39, 0.29) is 5.91 Å². The number of hydrogen-bond acceptors (Lipinski definition) is 3. The maximum absolute atomic E-state index is 12.3. The van der Waals surface area contributed by atoms with Crippen molar-refractivity contribution in [1.82, 2.24) is 5.32 Å². The molecule has 0 spiro atoms. The van der Waals surface area contributed by atoms with Crippen LogP contribution in [-0.2, 0) is 22.6 Å². The first-order valence-corrected chi connectivity index (χ1v) is 10.6. The summed E-state index contributed by atoms with van der Waals surface area (Å²) in [6, 6.07) is 14.8. The first kappa shape index (κ1) is 19.9. The smallest absolute Gasteiger partial charge is 0.230 e. The second-order valence-corrected chi connectivity index (χ2v) is 8.17. The second-order valence-electron chi connectivity index (χ2n) is 7.12. The van der Waals surface area contributed by atoms with Crippen molar-refractivity contribution in [3.63, 3.8) is 0 Å². The van der Waals surface area contributed by atoms with E-state index in [0.29, 0.717) is 12.3 Å². The van der Waals surface area contributed by atoms with Crippen molar-refractivity contribution in [2.45, 2.75) is 31.8 Å². The van der Waals surface area contributed by atoms with Crippen molar-refractivity contribution in [3.05, 3.63) is 64.7 Å². The molecule has 0 aliphatic carbocycles. The summed E-state index contributed by atoms with van der Waals surface area (Å²) < 4.78 is 5.44. The van der Waals surface area contributed by atoms with Gasteiger partial charge in [0.15, 0.2) is 0 Å². The van der Waals surface area contributed by atoms with Gasteiger partial charge in [-0.1, -0.05) is 30.3 Å². The Morgan fingerprint density at radius 3 is 2.56 bits per heavy atom. The minimum Gasteiger partial charge on any atom is -0.370 e. The van der Waals surface area contributed by atoms with E-state index in [1.54, 1.807) is 16.7 Å². The Morgan fingerprint density at radius 2 is 1.81 bits per heavy atom. The lowest BCUT2D eigenvalue weighted by atomic mass is 10.1. The lowest BCUT2D eigenvalue weighted by Crippen LogP contribution is -3.12. The summed E-state index contributed by atoms with van der Waals surface area (Å²) in [5, 5.41) is 3.08. The van der Waals surface area contributed by atoms with Gasteiger partial charge in [-0.05, 0) is 42.7 Å². The number of morpholine rings is 1. The molecule has 1 saturated heterocycles. The van der Waals surface area contributed by atoms with Crippen molar-refractivity contribution >= 4 is 17.7 Å². The van der Waals surface area contributed by atoms with Gasteiger partial charge in [0.05, 0.1) is 19.0 Å². The molecule has 1 aliphatic heterocycles. The first-order chi connectivity index (χ1) is 13.1. The molecule has 5 heteroatoms. The van der Waals surface area contributed by atoms with Crippen molar-refractivity contribution < 1.29 is 14.4 Å². The van der Waals surface area contributed by atoms with Gasteiger partial charge >= 0.3 is 0 Å². The Morgan fingerprint density at radius 1 is 1.07 bits per heavy atom. The van der Waals surface area contributed by atoms with Crippen molar-refractivity contribution in [2.75, 3.05) is 32.1 Å². The third-order valence-corrected chi connectivity index (χ3v) is 6.08. The molecule has 0 unspecified atom stereocenters. The van der Waals surface area contributed by atoms with Crippen LogP contribution in [0.5, 0.6) is 0 Å². The van der Waals surface area contributed by atoms with Gasteiger partial charge in [0.2, 0.25) is 5.91 Å². The van der Waals surface area contributed by atoms with Gasteiger partial charge in [0, 0.05) is 17.0 Å². The summed E-state index contributed by atoms with van der Waals surface area (Å²) in [7, 11) is 0. The quantitative estimate of drug-likeness (QED) is 0.718. The van der Waals surface area contributed by atoms with Crippen LogP contribution in [0.25, 0.3) is 0 Å². The Balaban J connectivity index is 1.50. The minimum absolute atomic E-state index is 0.0757. The second kappa shape index (κ2) is 9.93. The van der Waals surface area contributed by atoms with Crippen LogP contribution in [0.2, 0.25) is 0 Å². The Bertz CT molecular complexity index is 773. The number of nitrogens with one attached hydrogen (secondary N) is 2. The molecule has 0 bridgehead atoms. The van der Waals surface area contributed by atoms with Crippen LogP contribution in [0.4, 0.5) is 0 Å². The van der Waals surface area contributed by atoms with E-state index in [9.17, 15) is 4.79 Å². The van der Waals surface area contributed by atoms with Gasteiger partial charge < -0.3 is 15.0 Å². The molecule has 0 saturated carbocycles. The molecule has 0 aromatic heterocycles. The molecule has 2 aromatic carbocycles. The topological polar surface area (TPSA) is 42.8 Å². The standard InChI is InChI=1S/C22H28N2O2S/c1-17-7-8-21(13-18(17)2)27-16-22(25)23-14-19-5-3-4-6-20(19)15-24-9-11-26-12-10-24/h3-8,13H,9-12,14-16H2,1-2H3,(H,23,25)/p+1. The van der Waals surface area contributed by atoms with E-state index in [2.05, 4.69) is 55.6 Å². The molecule has 1 amide bonds. The number of carbonyl (C=O) groups is 1. The number of aryl methyl sites for hydroxylation is 2. The predicted molar refractivity (Wildman–Crippen MR) is 110 cm³/mol. The van der Waals surface area contributed by atoms with E-state index < -0.39 is 0 Å². The summed E-state index contributed by atoms with van der Waals surface area (Å²) in [5.41, 5.74) is 5.07. The molecular formula is C22H29N2O2S+. The fourth-order valence-corrected chi connectivity index (χ4v) is 4.03. The zero-order valence-corrected chi connectivity index (χ0v) is 17.0. The molecule has 0 atom stereocenters. The zero-order valence-electron chi connectivity index (χ0n) is 16.2. The minimum atomic E-state index is 0.0757. The summed E-state index contributed by atoms with van der Waals surface area (Å²) in [6.45, 7) is 9.56. The van der Waals surface area contributed by atoms with Gasteiger partial charge in [-0.25, -0.2) is 0 Å². The van der Waals surface area contributed by atoms with Crippen molar-refractivity contribution in [3.8, 4) is 0 Å². The van der Waals surface area contributed by atoms with Crippen LogP contribution in [0, 0.1) is 13.8 Å². The fourth-order valence-electron chi connectivity index (χ4n) is 3.21. The first-order valence-electron chi connectivity index (χ1n) is 9.56. The van der Waals surface area contributed by atoms with Crippen molar-refractivity contribution in [1.29, 1.82) is 0 Å². The average Bonchev–Trinajstić information content (AvgIpc) is 2.69. The maximum atomic E-state index is 12.3. The number of benzene rings is 2. The fraction of sp³-hybridized carbons (Fsp3) is 0.409. The average molecular weight is 386 g/mol. The van der Waals surface area contributed by atoms with E-state index in [1.807, 2.05) is 6.07 Å². The van der Waals surface area contributed by atoms with E-state index in [1.165, 1.54) is 22.3 Å². The Kier molecular flexibility index (Phi) is 7.33. The number of thioether (sulfide) groups is 1. The zero-order chi connectivity index (χ0) is 19.1. The molecule has 0 radical (unpaired) electrons. The third kappa shape index (κ3) is 6.09. The summed E-state index contributed by atoms with van der Waals surface area (Å²) in [4.78, 5) is 15.0. The van der Waals surface area contributed by atoms with Gasteiger partial charge in [-0.15, -0.1) is 11.8 Å². The highest BCUT2D eigenvalue weighted by atomic mass is 32.2. The molecule has 27 heavy (non-hydrogen) atoms. The highest BCUT2D eigenvalue weighted by molar-refractivity contribution is 8.00. The Hall–Kier alpha value is -1.82. The normalized spacial score (nSPS) is 14.9. The van der Waals surface area contributed by atoms with Crippen LogP contribution in [0.3, 0.4) is 0 Å². The molecular weight excluding hydrogens is 356 g/mol. The van der Waals surface area contributed by atoms with Crippen LogP contribution < -0.4 is 10.2 Å². The number of hydrogen-bond donors (Lipinski definition) is 2. The number of carbonyl (C=O) groups excluding carboxylic acids is 1. The summed E-state index contributed by atoms with van der Waals surface area (Å²) >= 11 is 1.59. The number of amides is 1. The molecule has 1 aliphatic rings. The lowest BCUT2D eigenvalue weighted by molar-refractivity contribution is -0.921. The SMILES string of the molecule is Cc1ccc(SCC(=O)NCc2ccccc2C[NH+]2CCOCC2)cc1C. The summed E-state index contributed by atoms with van der Waals surface area (Å²) in [5.74, 6) is 0.520. The lowest BCUT2D eigenvalue weighted by Gasteiger charge is -2.24. The molecule has 3 rings (SSSR count). The molecule has 1 fully saturated rings. The monoisotopic (exact) mass is 385 g/mol. The van der Waals surface area contributed by atoms with Gasteiger partial charge in [0.25, 0.3) is 0 Å². The highest BCUT2D eigenvalue weighted by Crippen LogP contribution is 2.20. The van der Waals surface area contributed by atoms with Crippen LogP contribution in [0.15, 0.2) is 47.4 Å².